The van der Waals surface area contributed by atoms with E-state index in [4.69, 9.17) is 0 Å². The van der Waals surface area contributed by atoms with E-state index in [1.54, 1.807) is 0 Å². The van der Waals surface area contributed by atoms with Gasteiger partial charge in [-0.15, -0.1) is 0 Å². The van der Waals surface area contributed by atoms with E-state index in [1.807, 2.05) is 0 Å². The highest BCUT2D eigenvalue weighted by Gasteiger charge is 2.59. The molecular formula is C68H45N. The fourth-order valence-electron chi connectivity index (χ4n) is 12.7. The van der Waals surface area contributed by atoms with Crippen LogP contribution in [0.3, 0.4) is 0 Å². The van der Waals surface area contributed by atoms with Crippen molar-refractivity contribution in [3.63, 3.8) is 0 Å². The van der Waals surface area contributed by atoms with E-state index in [0.717, 1.165) is 17.1 Å². The molecule has 322 valence electrons. The van der Waals surface area contributed by atoms with Gasteiger partial charge in [-0.2, -0.15) is 0 Å². The van der Waals surface area contributed by atoms with Crippen LogP contribution in [0.15, 0.2) is 273 Å². The number of nitrogens with zero attached hydrogens (tertiary/aromatic N) is 1. The summed E-state index contributed by atoms with van der Waals surface area (Å²) in [5.74, 6) is 0. The Morgan fingerprint density at radius 1 is 0.203 bits per heavy atom. The Morgan fingerprint density at radius 2 is 0.536 bits per heavy atom. The summed E-state index contributed by atoms with van der Waals surface area (Å²) in [4.78, 5) is 2.40. The highest BCUT2D eigenvalue weighted by Crippen LogP contribution is 2.68. The van der Waals surface area contributed by atoms with Crippen molar-refractivity contribution in [3.8, 4) is 55.6 Å². The van der Waals surface area contributed by atoms with Crippen LogP contribution in [-0.2, 0) is 10.8 Å². The van der Waals surface area contributed by atoms with Gasteiger partial charge < -0.3 is 4.90 Å². The Bertz CT molecular complexity index is 3590. The molecule has 11 aromatic carbocycles. The molecule has 0 radical (unpaired) electrons. The Kier molecular flexibility index (Phi) is 8.78. The molecule has 0 bridgehead atoms. The van der Waals surface area contributed by atoms with Gasteiger partial charge in [0.2, 0.25) is 0 Å². The van der Waals surface area contributed by atoms with Gasteiger partial charge in [0.1, 0.15) is 0 Å². The van der Waals surface area contributed by atoms with Crippen LogP contribution in [0.25, 0.3) is 55.6 Å². The largest absolute Gasteiger partial charge is 0.310 e. The van der Waals surface area contributed by atoms with E-state index in [0.29, 0.717) is 0 Å². The first-order chi connectivity index (χ1) is 34.2. The molecule has 0 unspecified atom stereocenters. The lowest BCUT2D eigenvalue weighted by atomic mass is 9.52. The van der Waals surface area contributed by atoms with Crippen LogP contribution < -0.4 is 4.90 Å². The molecule has 0 atom stereocenters. The molecule has 1 heteroatoms. The zero-order chi connectivity index (χ0) is 45.5. The van der Waals surface area contributed by atoms with Gasteiger partial charge in [0.25, 0.3) is 0 Å². The van der Waals surface area contributed by atoms with Crippen molar-refractivity contribution < 1.29 is 0 Å². The maximum absolute atomic E-state index is 2.43. The van der Waals surface area contributed by atoms with Gasteiger partial charge in [-0.05, 0) is 137 Å². The molecule has 0 saturated heterocycles. The molecule has 69 heavy (non-hydrogen) atoms. The number of rotatable bonds is 6. The van der Waals surface area contributed by atoms with Crippen molar-refractivity contribution in [1.82, 2.24) is 0 Å². The van der Waals surface area contributed by atoms with Crippen molar-refractivity contribution >= 4 is 17.1 Å². The fraction of sp³-hybridized carbons (Fsp3) is 0.0294. The van der Waals surface area contributed by atoms with Gasteiger partial charge >= 0.3 is 0 Å². The van der Waals surface area contributed by atoms with Crippen molar-refractivity contribution in [2.24, 2.45) is 0 Å². The standard InChI is InChI=1S/C68H45N/c1-3-19-46(20-4-1)48-37-41-51(42-38-48)69(52-43-39-49(40-44-52)47-21-5-2-6-22-47)53-24-17-23-50(45-53)54-28-18-36-65-66(54)57-27-9-12-31-60(57)68(65)63-34-15-13-32-61(63)67(62-33-14-16-35-64(62)68)58-29-10-7-25-55(58)56-26-8-11-30-59(56)67/h1-45H. The smallest absolute Gasteiger partial charge is 0.0720 e. The first-order valence-corrected chi connectivity index (χ1v) is 24.1. The van der Waals surface area contributed by atoms with Crippen molar-refractivity contribution in [2.45, 2.75) is 10.8 Å². The lowest BCUT2D eigenvalue weighted by Crippen LogP contribution is -2.43. The Balaban J connectivity index is 0.969. The van der Waals surface area contributed by atoms with E-state index in [1.165, 1.54) is 100 Å². The third-order valence-corrected chi connectivity index (χ3v) is 15.4. The normalized spacial score (nSPS) is 13.7. The van der Waals surface area contributed by atoms with Crippen LogP contribution in [0, 0.1) is 0 Å². The SMILES string of the molecule is c1ccc(-c2ccc(N(c3ccc(-c4ccccc4)cc3)c3cccc(-c4cccc5c4-c4ccccc4C54c5ccccc5C5(c6ccccc6-c6ccccc65)c5ccccc54)c3)cc2)cc1. The molecule has 2 spiro atoms. The molecule has 0 aromatic heterocycles. The summed E-state index contributed by atoms with van der Waals surface area (Å²) in [6.45, 7) is 0. The lowest BCUT2D eigenvalue weighted by Gasteiger charge is -2.48. The van der Waals surface area contributed by atoms with Crippen LogP contribution in [-0.4, -0.2) is 0 Å². The summed E-state index contributed by atoms with van der Waals surface area (Å²) in [6, 6.07) is 102. The number of fused-ring (bicyclic) bond motifs is 16. The van der Waals surface area contributed by atoms with Crippen molar-refractivity contribution in [1.29, 1.82) is 0 Å². The Hall–Kier alpha value is -8.78. The van der Waals surface area contributed by atoms with Gasteiger partial charge in [0, 0.05) is 17.1 Å². The first-order valence-electron chi connectivity index (χ1n) is 24.1. The minimum Gasteiger partial charge on any atom is -0.310 e. The van der Waals surface area contributed by atoms with Crippen LogP contribution in [0.5, 0.6) is 0 Å². The molecule has 0 amide bonds. The third-order valence-electron chi connectivity index (χ3n) is 15.4. The highest BCUT2D eigenvalue weighted by molar-refractivity contribution is 5.99. The van der Waals surface area contributed by atoms with Gasteiger partial charge in [0.05, 0.1) is 10.8 Å². The van der Waals surface area contributed by atoms with Gasteiger partial charge in [0.15, 0.2) is 0 Å². The maximum atomic E-state index is 2.43. The van der Waals surface area contributed by atoms with E-state index in [9.17, 15) is 0 Å². The Labute approximate surface area is 403 Å². The minimum atomic E-state index is -0.558. The number of benzene rings is 11. The average molecular weight is 876 g/mol. The van der Waals surface area contributed by atoms with Gasteiger partial charge in [-0.1, -0.05) is 237 Å². The lowest BCUT2D eigenvalue weighted by molar-refractivity contribution is 0.633. The second kappa shape index (κ2) is 15.4. The minimum absolute atomic E-state index is 0.475. The molecule has 0 heterocycles. The predicted molar refractivity (Wildman–Crippen MR) is 286 cm³/mol. The summed E-state index contributed by atoms with van der Waals surface area (Å²) in [6.07, 6.45) is 0. The van der Waals surface area contributed by atoms with Crippen LogP contribution >= 0.6 is 0 Å². The first kappa shape index (κ1) is 39.4. The monoisotopic (exact) mass is 875 g/mol. The predicted octanol–water partition coefficient (Wildman–Crippen LogP) is 17.2. The number of anilines is 3. The second-order valence-corrected chi connectivity index (χ2v) is 18.7. The summed E-state index contributed by atoms with van der Waals surface area (Å²) in [5, 5.41) is 0. The van der Waals surface area contributed by atoms with E-state index in [2.05, 4.69) is 278 Å². The second-order valence-electron chi connectivity index (χ2n) is 18.7. The van der Waals surface area contributed by atoms with Crippen LogP contribution in [0.1, 0.15) is 44.5 Å². The molecule has 3 aliphatic rings. The molecule has 14 rings (SSSR count). The topological polar surface area (TPSA) is 3.24 Å². The summed E-state index contributed by atoms with van der Waals surface area (Å²) in [7, 11) is 0. The zero-order valence-corrected chi connectivity index (χ0v) is 37.9. The summed E-state index contributed by atoms with van der Waals surface area (Å²) in [5.41, 5.74) is 25.4. The highest BCUT2D eigenvalue weighted by atomic mass is 15.1. The fourth-order valence-corrected chi connectivity index (χ4v) is 12.7. The van der Waals surface area contributed by atoms with Crippen LogP contribution in [0.4, 0.5) is 17.1 Å². The molecule has 0 fully saturated rings. The molecule has 3 aliphatic carbocycles. The number of hydrogen-bond donors (Lipinski definition) is 0. The molecular weight excluding hydrogens is 831 g/mol. The van der Waals surface area contributed by atoms with E-state index in [-0.39, 0.29) is 0 Å². The van der Waals surface area contributed by atoms with E-state index >= 15 is 0 Å². The summed E-state index contributed by atoms with van der Waals surface area (Å²) >= 11 is 0. The van der Waals surface area contributed by atoms with Crippen LogP contribution in [0.2, 0.25) is 0 Å². The van der Waals surface area contributed by atoms with E-state index < -0.39 is 10.8 Å². The number of hydrogen-bond acceptors (Lipinski definition) is 1. The zero-order valence-electron chi connectivity index (χ0n) is 37.9. The third kappa shape index (κ3) is 5.59. The van der Waals surface area contributed by atoms with Gasteiger partial charge in [-0.25, -0.2) is 0 Å². The van der Waals surface area contributed by atoms with Crippen molar-refractivity contribution in [2.75, 3.05) is 4.90 Å². The molecule has 11 aromatic rings. The van der Waals surface area contributed by atoms with Gasteiger partial charge in [-0.3, -0.25) is 0 Å². The molecule has 0 N–H and O–H groups in total. The quantitative estimate of drug-likeness (QED) is 0.161. The molecule has 1 nitrogen and oxygen atoms in total. The van der Waals surface area contributed by atoms with Crippen molar-refractivity contribution in [3.05, 3.63) is 317 Å². The Morgan fingerprint density at radius 3 is 1.03 bits per heavy atom. The molecule has 0 aliphatic heterocycles. The maximum Gasteiger partial charge on any atom is 0.0720 e. The molecule has 0 saturated carbocycles. The average Bonchev–Trinajstić information content (AvgIpc) is 3.90. The summed E-state index contributed by atoms with van der Waals surface area (Å²) < 4.78 is 0.